The summed E-state index contributed by atoms with van der Waals surface area (Å²) in [6.45, 7) is 6.34. The summed E-state index contributed by atoms with van der Waals surface area (Å²) in [5.41, 5.74) is -0.410. The molecule has 1 saturated carbocycles. The first-order valence-electron chi connectivity index (χ1n) is 7.03. The largest absolute Gasteiger partial charge is 0.368 e. The molecule has 0 spiro atoms. The number of ether oxygens (including phenoxy) is 1. The van der Waals surface area contributed by atoms with Gasteiger partial charge in [-0.2, -0.15) is 0 Å². The third-order valence-corrected chi connectivity index (χ3v) is 3.65. The van der Waals surface area contributed by atoms with E-state index >= 15 is 0 Å². The van der Waals surface area contributed by atoms with Gasteiger partial charge in [-0.25, -0.2) is 0 Å². The molecular formula is C15H26O2. The van der Waals surface area contributed by atoms with Gasteiger partial charge in [-0.1, -0.05) is 12.5 Å². The van der Waals surface area contributed by atoms with Crippen LogP contribution in [0.2, 0.25) is 0 Å². The maximum atomic E-state index is 12.2. The Bertz CT molecular complexity index is 239. The lowest BCUT2D eigenvalue weighted by Gasteiger charge is -2.27. The molecule has 0 unspecified atom stereocenters. The van der Waals surface area contributed by atoms with Crippen molar-refractivity contribution in [1.82, 2.24) is 0 Å². The predicted molar refractivity (Wildman–Crippen MR) is 71.1 cm³/mol. The quantitative estimate of drug-likeness (QED) is 0.447. The van der Waals surface area contributed by atoms with Gasteiger partial charge in [0, 0.05) is 13.0 Å². The fourth-order valence-corrected chi connectivity index (χ4v) is 2.70. The lowest BCUT2D eigenvalue weighted by Crippen LogP contribution is -2.38. The Labute approximate surface area is 105 Å². The summed E-state index contributed by atoms with van der Waals surface area (Å²) < 4.78 is 5.76. The number of unbranched alkanes of at least 4 members (excludes halogenated alkanes) is 3. The third kappa shape index (κ3) is 4.27. The Balaban J connectivity index is 2.30. The van der Waals surface area contributed by atoms with E-state index in [0.29, 0.717) is 18.8 Å². The third-order valence-electron chi connectivity index (χ3n) is 3.65. The first-order chi connectivity index (χ1) is 8.25. The van der Waals surface area contributed by atoms with Crippen LogP contribution in [-0.4, -0.2) is 18.0 Å². The van der Waals surface area contributed by atoms with Gasteiger partial charge in [-0.3, -0.25) is 4.79 Å². The second kappa shape index (κ2) is 7.65. The smallest absolute Gasteiger partial charge is 0.164 e. The molecule has 2 heteroatoms. The molecular weight excluding hydrogens is 212 g/mol. The molecule has 0 aliphatic heterocycles. The Hall–Kier alpha value is -0.630. The molecule has 98 valence electrons. The van der Waals surface area contributed by atoms with Gasteiger partial charge in [0.15, 0.2) is 5.78 Å². The lowest BCUT2D eigenvalue weighted by atomic mass is 9.92. The molecule has 0 atom stereocenters. The fraction of sp³-hybridized carbons (Fsp3) is 0.800. The zero-order chi connectivity index (χ0) is 12.6. The molecule has 0 aromatic heterocycles. The summed E-state index contributed by atoms with van der Waals surface area (Å²) >= 11 is 0. The van der Waals surface area contributed by atoms with Gasteiger partial charge in [0.25, 0.3) is 0 Å². The monoisotopic (exact) mass is 238 g/mol. The first-order valence-corrected chi connectivity index (χ1v) is 7.03. The molecule has 0 bridgehead atoms. The molecule has 0 aromatic rings. The van der Waals surface area contributed by atoms with Crippen molar-refractivity contribution in [2.45, 2.75) is 70.3 Å². The highest BCUT2D eigenvalue weighted by Gasteiger charge is 2.40. The maximum absolute atomic E-state index is 12.2. The number of carbonyl (C=O) groups excluding carboxylic acids is 1. The first kappa shape index (κ1) is 14.4. The van der Waals surface area contributed by atoms with Crippen LogP contribution in [0, 0.1) is 0 Å². The molecule has 0 N–H and O–H groups in total. The molecule has 17 heavy (non-hydrogen) atoms. The molecule has 0 heterocycles. The van der Waals surface area contributed by atoms with Gasteiger partial charge in [0.05, 0.1) is 0 Å². The minimum Gasteiger partial charge on any atom is -0.368 e. The van der Waals surface area contributed by atoms with E-state index in [9.17, 15) is 4.79 Å². The van der Waals surface area contributed by atoms with E-state index in [0.717, 1.165) is 51.4 Å². The highest BCUT2D eigenvalue weighted by Crippen LogP contribution is 2.35. The number of ketones is 1. The minimum atomic E-state index is -0.410. The second-order valence-corrected chi connectivity index (χ2v) is 4.95. The number of hydrogen-bond acceptors (Lipinski definition) is 2. The van der Waals surface area contributed by atoms with Crippen molar-refractivity contribution in [2.75, 3.05) is 6.61 Å². The highest BCUT2D eigenvalue weighted by atomic mass is 16.5. The normalized spacial score (nSPS) is 18.2. The van der Waals surface area contributed by atoms with Crippen LogP contribution < -0.4 is 0 Å². The fourth-order valence-electron chi connectivity index (χ4n) is 2.70. The van der Waals surface area contributed by atoms with Crippen molar-refractivity contribution in [3.63, 3.8) is 0 Å². The lowest BCUT2D eigenvalue weighted by molar-refractivity contribution is -0.143. The molecule has 1 rings (SSSR count). The summed E-state index contributed by atoms with van der Waals surface area (Å²) in [7, 11) is 0. The number of hydrogen-bond donors (Lipinski definition) is 0. The van der Waals surface area contributed by atoms with Gasteiger partial charge in [-0.15, -0.1) is 6.58 Å². The van der Waals surface area contributed by atoms with E-state index in [4.69, 9.17) is 4.74 Å². The van der Waals surface area contributed by atoms with Crippen molar-refractivity contribution in [3.05, 3.63) is 12.7 Å². The van der Waals surface area contributed by atoms with E-state index in [1.54, 1.807) is 0 Å². The summed E-state index contributed by atoms with van der Waals surface area (Å²) in [6, 6.07) is 0. The van der Waals surface area contributed by atoms with Crippen molar-refractivity contribution in [3.8, 4) is 0 Å². The van der Waals surface area contributed by atoms with E-state index in [2.05, 4.69) is 6.58 Å². The predicted octanol–water partition coefficient (Wildman–Crippen LogP) is 4.04. The van der Waals surface area contributed by atoms with E-state index in [1.807, 2.05) is 13.0 Å². The van der Waals surface area contributed by atoms with E-state index in [-0.39, 0.29) is 0 Å². The average Bonchev–Trinajstić information content (AvgIpc) is 2.79. The van der Waals surface area contributed by atoms with Crippen molar-refractivity contribution in [1.29, 1.82) is 0 Å². The average molecular weight is 238 g/mol. The number of rotatable bonds is 9. The van der Waals surface area contributed by atoms with E-state index < -0.39 is 5.60 Å². The summed E-state index contributed by atoms with van der Waals surface area (Å²) in [5, 5.41) is 0. The van der Waals surface area contributed by atoms with Crippen LogP contribution in [0.5, 0.6) is 0 Å². The molecule has 0 amide bonds. The Morgan fingerprint density at radius 1 is 1.29 bits per heavy atom. The van der Waals surface area contributed by atoms with Crippen LogP contribution in [0.3, 0.4) is 0 Å². The minimum absolute atomic E-state index is 0.343. The van der Waals surface area contributed by atoms with Gasteiger partial charge < -0.3 is 4.74 Å². The Morgan fingerprint density at radius 2 is 2.00 bits per heavy atom. The summed E-state index contributed by atoms with van der Waals surface area (Å²) in [5.74, 6) is 0.343. The van der Waals surface area contributed by atoms with Crippen LogP contribution in [0.4, 0.5) is 0 Å². The number of allylic oxidation sites excluding steroid dienone is 1. The summed E-state index contributed by atoms with van der Waals surface area (Å²) in [6.07, 6.45) is 11.1. The zero-order valence-electron chi connectivity index (χ0n) is 11.2. The SMILES string of the molecule is C=CCCCCCC(=O)C1(OCC)CCCC1. The van der Waals surface area contributed by atoms with E-state index in [1.165, 1.54) is 0 Å². The van der Waals surface area contributed by atoms with Gasteiger partial charge in [-0.05, 0) is 51.9 Å². The molecule has 1 fully saturated rings. The summed E-state index contributed by atoms with van der Waals surface area (Å²) in [4.78, 5) is 12.2. The number of carbonyl (C=O) groups is 1. The number of Topliss-reactive ketones (excluding diaryl/α,β-unsaturated/α-hetero) is 1. The highest BCUT2D eigenvalue weighted by molar-refractivity contribution is 5.87. The molecule has 2 nitrogen and oxygen atoms in total. The van der Waals surface area contributed by atoms with Crippen molar-refractivity contribution < 1.29 is 9.53 Å². The van der Waals surface area contributed by atoms with Crippen LogP contribution in [0.25, 0.3) is 0 Å². The van der Waals surface area contributed by atoms with Crippen molar-refractivity contribution >= 4 is 5.78 Å². The van der Waals surface area contributed by atoms with Crippen LogP contribution in [-0.2, 0) is 9.53 Å². The second-order valence-electron chi connectivity index (χ2n) is 4.95. The molecule has 1 aliphatic carbocycles. The molecule has 1 aliphatic rings. The van der Waals surface area contributed by atoms with Crippen LogP contribution >= 0.6 is 0 Å². The molecule has 0 radical (unpaired) electrons. The Morgan fingerprint density at radius 3 is 2.59 bits per heavy atom. The van der Waals surface area contributed by atoms with Crippen LogP contribution in [0.1, 0.15) is 64.7 Å². The van der Waals surface area contributed by atoms with Gasteiger partial charge in [0.1, 0.15) is 5.60 Å². The Kier molecular flexibility index (Phi) is 6.49. The van der Waals surface area contributed by atoms with Gasteiger partial charge in [0.2, 0.25) is 0 Å². The topological polar surface area (TPSA) is 26.3 Å². The molecule has 0 saturated heterocycles. The van der Waals surface area contributed by atoms with Gasteiger partial charge >= 0.3 is 0 Å². The molecule has 0 aromatic carbocycles. The maximum Gasteiger partial charge on any atom is 0.164 e. The van der Waals surface area contributed by atoms with Crippen molar-refractivity contribution in [2.24, 2.45) is 0 Å². The standard InChI is InChI=1S/C15H26O2/c1-3-5-6-7-8-11-14(16)15(17-4-2)12-9-10-13-15/h3H,1,4-13H2,2H3. The van der Waals surface area contributed by atoms with Crippen LogP contribution in [0.15, 0.2) is 12.7 Å². The zero-order valence-corrected chi connectivity index (χ0v) is 11.2.